The van der Waals surface area contributed by atoms with Gasteiger partial charge in [-0.1, -0.05) is 6.92 Å². The molecule has 0 spiro atoms. The molecule has 1 aliphatic rings. The molecule has 0 aromatic heterocycles. The molecule has 0 saturated carbocycles. The van der Waals surface area contributed by atoms with Crippen molar-refractivity contribution in [2.45, 2.75) is 32.7 Å². The highest BCUT2D eigenvalue weighted by atomic mass is 16.5. The summed E-state index contributed by atoms with van der Waals surface area (Å²) in [5.74, 6) is 0.855. The van der Waals surface area contributed by atoms with Crippen LogP contribution in [0, 0.1) is 0 Å². The van der Waals surface area contributed by atoms with Gasteiger partial charge >= 0.3 is 0 Å². The van der Waals surface area contributed by atoms with Crippen molar-refractivity contribution in [3.05, 3.63) is 0 Å². The maximum Gasteiger partial charge on any atom is 0.180 e. The third-order valence-corrected chi connectivity index (χ3v) is 1.60. The molecule has 0 amide bonds. The van der Waals surface area contributed by atoms with Crippen molar-refractivity contribution in [3.63, 3.8) is 0 Å². The number of aliphatic imine (C=N–C) groups is 1. The Kier molecular flexibility index (Phi) is 2.09. The largest absolute Gasteiger partial charge is 0.481 e. The first-order chi connectivity index (χ1) is 4.33. The van der Waals surface area contributed by atoms with Crippen LogP contribution in [0.1, 0.15) is 26.7 Å². The van der Waals surface area contributed by atoms with Gasteiger partial charge in [-0.05, 0) is 6.42 Å². The van der Waals surface area contributed by atoms with E-state index in [9.17, 15) is 0 Å². The van der Waals surface area contributed by atoms with Gasteiger partial charge in [0.2, 0.25) is 0 Å². The summed E-state index contributed by atoms with van der Waals surface area (Å²) in [7, 11) is 0. The Morgan fingerprint density at radius 3 is 3.00 bits per heavy atom. The van der Waals surface area contributed by atoms with Crippen LogP contribution in [0.25, 0.3) is 0 Å². The van der Waals surface area contributed by atoms with Crippen molar-refractivity contribution in [2.75, 3.05) is 6.61 Å². The monoisotopic (exact) mass is 127 g/mol. The van der Waals surface area contributed by atoms with E-state index in [1.807, 2.05) is 6.92 Å². The average molecular weight is 127 g/mol. The molecule has 0 N–H and O–H groups in total. The van der Waals surface area contributed by atoms with E-state index >= 15 is 0 Å². The van der Waals surface area contributed by atoms with Crippen LogP contribution in [0.3, 0.4) is 0 Å². The van der Waals surface area contributed by atoms with E-state index < -0.39 is 0 Å². The number of nitrogens with zero attached hydrogens (tertiary/aromatic N) is 1. The van der Waals surface area contributed by atoms with Gasteiger partial charge in [0, 0.05) is 13.3 Å². The maximum absolute atomic E-state index is 5.16. The zero-order valence-corrected chi connectivity index (χ0v) is 6.05. The normalized spacial score (nSPS) is 26.9. The van der Waals surface area contributed by atoms with E-state index in [0.29, 0.717) is 6.04 Å². The Morgan fingerprint density at radius 2 is 2.56 bits per heavy atom. The van der Waals surface area contributed by atoms with Crippen molar-refractivity contribution >= 4 is 5.90 Å². The predicted molar refractivity (Wildman–Crippen MR) is 37.8 cm³/mol. The van der Waals surface area contributed by atoms with Crippen LogP contribution in [0.15, 0.2) is 4.99 Å². The Balaban J connectivity index is 2.47. The molecular weight excluding hydrogens is 114 g/mol. The SMILES string of the molecule is CCC1CCOC(C)=N1. The second-order valence-electron chi connectivity index (χ2n) is 2.35. The summed E-state index contributed by atoms with van der Waals surface area (Å²) < 4.78 is 5.16. The molecule has 0 aliphatic carbocycles. The Bertz CT molecular complexity index is 120. The second kappa shape index (κ2) is 2.85. The van der Waals surface area contributed by atoms with Crippen molar-refractivity contribution in [1.29, 1.82) is 0 Å². The molecule has 1 heterocycles. The highest BCUT2D eigenvalue weighted by Crippen LogP contribution is 2.08. The smallest absolute Gasteiger partial charge is 0.180 e. The van der Waals surface area contributed by atoms with Crippen molar-refractivity contribution < 1.29 is 4.74 Å². The lowest BCUT2D eigenvalue weighted by Crippen LogP contribution is -2.18. The first kappa shape index (κ1) is 6.59. The molecule has 1 unspecified atom stereocenters. The quantitative estimate of drug-likeness (QED) is 0.524. The number of rotatable bonds is 1. The van der Waals surface area contributed by atoms with Gasteiger partial charge in [-0.2, -0.15) is 0 Å². The molecule has 0 saturated heterocycles. The Morgan fingerprint density at radius 1 is 1.78 bits per heavy atom. The Labute approximate surface area is 55.9 Å². The standard InChI is InChI=1S/C7H13NO/c1-3-7-4-5-9-6(2)8-7/h7H,3-5H2,1-2H3. The summed E-state index contributed by atoms with van der Waals surface area (Å²) in [5, 5.41) is 0. The minimum atomic E-state index is 0.527. The molecule has 9 heavy (non-hydrogen) atoms. The molecular formula is C7H13NO. The summed E-state index contributed by atoms with van der Waals surface area (Å²) in [4.78, 5) is 4.30. The zero-order valence-electron chi connectivity index (χ0n) is 6.05. The van der Waals surface area contributed by atoms with Crippen LogP contribution >= 0.6 is 0 Å². The van der Waals surface area contributed by atoms with Crippen molar-refractivity contribution in [1.82, 2.24) is 0 Å². The lowest BCUT2D eigenvalue weighted by Gasteiger charge is -2.17. The molecule has 52 valence electrons. The minimum absolute atomic E-state index is 0.527. The maximum atomic E-state index is 5.16. The zero-order chi connectivity index (χ0) is 6.69. The predicted octanol–water partition coefficient (Wildman–Crippen LogP) is 1.60. The van der Waals surface area contributed by atoms with E-state index in [-0.39, 0.29) is 0 Å². The van der Waals surface area contributed by atoms with Gasteiger partial charge in [-0.25, -0.2) is 0 Å². The van der Waals surface area contributed by atoms with Crippen LogP contribution in [0.2, 0.25) is 0 Å². The highest BCUT2D eigenvalue weighted by molar-refractivity contribution is 5.73. The summed E-state index contributed by atoms with van der Waals surface area (Å²) in [6.07, 6.45) is 2.23. The molecule has 0 aromatic rings. The molecule has 1 atom stereocenters. The molecule has 0 radical (unpaired) electrons. The van der Waals surface area contributed by atoms with Gasteiger partial charge in [0.1, 0.15) is 0 Å². The first-order valence-corrected chi connectivity index (χ1v) is 3.50. The van der Waals surface area contributed by atoms with Gasteiger partial charge in [-0.3, -0.25) is 4.99 Å². The number of hydrogen-bond donors (Lipinski definition) is 0. The number of hydrogen-bond acceptors (Lipinski definition) is 2. The van der Waals surface area contributed by atoms with Gasteiger partial charge in [0.25, 0.3) is 0 Å². The number of ether oxygens (including phenoxy) is 1. The highest BCUT2D eigenvalue weighted by Gasteiger charge is 2.09. The van der Waals surface area contributed by atoms with E-state index in [2.05, 4.69) is 11.9 Å². The fourth-order valence-electron chi connectivity index (χ4n) is 0.997. The van der Waals surface area contributed by atoms with Crippen molar-refractivity contribution in [3.8, 4) is 0 Å². The van der Waals surface area contributed by atoms with Crippen LogP contribution in [0.5, 0.6) is 0 Å². The van der Waals surface area contributed by atoms with E-state index in [0.717, 1.165) is 25.3 Å². The summed E-state index contributed by atoms with van der Waals surface area (Å²) in [6, 6.07) is 0.527. The summed E-state index contributed by atoms with van der Waals surface area (Å²) in [6.45, 7) is 4.93. The van der Waals surface area contributed by atoms with Crippen molar-refractivity contribution in [2.24, 2.45) is 4.99 Å². The van der Waals surface area contributed by atoms with E-state index in [1.165, 1.54) is 0 Å². The molecule has 0 aromatic carbocycles. The van der Waals surface area contributed by atoms with Gasteiger partial charge < -0.3 is 4.74 Å². The molecule has 1 aliphatic heterocycles. The third kappa shape index (κ3) is 1.70. The van der Waals surface area contributed by atoms with E-state index in [4.69, 9.17) is 4.74 Å². The molecule has 2 nitrogen and oxygen atoms in total. The minimum Gasteiger partial charge on any atom is -0.481 e. The fraction of sp³-hybridized carbons (Fsp3) is 0.857. The lowest BCUT2D eigenvalue weighted by atomic mass is 10.1. The summed E-state index contributed by atoms with van der Waals surface area (Å²) in [5.41, 5.74) is 0. The van der Waals surface area contributed by atoms with Crippen LogP contribution in [0.4, 0.5) is 0 Å². The van der Waals surface area contributed by atoms with Gasteiger partial charge in [0.15, 0.2) is 5.90 Å². The Hall–Kier alpha value is -0.530. The molecule has 0 bridgehead atoms. The molecule has 2 heteroatoms. The summed E-state index contributed by atoms with van der Waals surface area (Å²) >= 11 is 0. The van der Waals surface area contributed by atoms with E-state index in [1.54, 1.807) is 0 Å². The van der Waals surface area contributed by atoms with Gasteiger partial charge in [-0.15, -0.1) is 0 Å². The van der Waals surface area contributed by atoms with Crippen LogP contribution in [-0.4, -0.2) is 18.5 Å². The average Bonchev–Trinajstić information content (AvgIpc) is 1.88. The van der Waals surface area contributed by atoms with Gasteiger partial charge in [0.05, 0.1) is 12.6 Å². The lowest BCUT2D eigenvalue weighted by molar-refractivity contribution is 0.256. The third-order valence-electron chi connectivity index (χ3n) is 1.60. The topological polar surface area (TPSA) is 21.6 Å². The second-order valence-corrected chi connectivity index (χ2v) is 2.35. The molecule has 1 rings (SSSR count). The first-order valence-electron chi connectivity index (χ1n) is 3.50. The van der Waals surface area contributed by atoms with Crippen LogP contribution in [-0.2, 0) is 4.74 Å². The van der Waals surface area contributed by atoms with Crippen LogP contribution < -0.4 is 0 Å². The fourth-order valence-corrected chi connectivity index (χ4v) is 0.997. The molecule has 0 fully saturated rings.